The van der Waals surface area contributed by atoms with Gasteiger partial charge in [-0.15, -0.1) is 0 Å². The minimum Gasteiger partial charge on any atom is -0.394 e. The summed E-state index contributed by atoms with van der Waals surface area (Å²) in [6.07, 6.45) is 4.16. The molecule has 0 aliphatic carbocycles. The lowest BCUT2D eigenvalue weighted by atomic mass is 10.1. The molecule has 19 heavy (non-hydrogen) atoms. The highest BCUT2D eigenvalue weighted by atomic mass is 16.5. The number of nitrogens with zero attached hydrogens (tertiary/aromatic N) is 2. The molecular weight excluding hydrogens is 242 g/mol. The molecule has 106 valence electrons. The van der Waals surface area contributed by atoms with E-state index in [1.807, 2.05) is 19.2 Å². The number of nitrogens with two attached hydrogens (primary N) is 1. The number of aliphatic hydroxyl groups is 1. The van der Waals surface area contributed by atoms with E-state index in [2.05, 4.69) is 16.0 Å². The number of aliphatic hydroxyl groups excluding tert-OH is 1. The Bertz CT molecular complexity index is 373. The van der Waals surface area contributed by atoms with E-state index in [1.54, 1.807) is 0 Å². The fourth-order valence-electron chi connectivity index (χ4n) is 2.35. The van der Waals surface area contributed by atoms with Crippen molar-refractivity contribution in [3.63, 3.8) is 0 Å². The quantitative estimate of drug-likeness (QED) is 0.833. The SMILES string of the molecule is CC(N)c1ccc(N2CCC(OCCO)CC2)cn1. The monoisotopic (exact) mass is 265 g/mol. The van der Waals surface area contributed by atoms with Gasteiger partial charge in [0.2, 0.25) is 0 Å². The third-order valence-corrected chi connectivity index (χ3v) is 3.49. The zero-order valence-electron chi connectivity index (χ0n) is 11.5. The van der Waals surface area contributed by atoms with Crippen molar-refractivity contribution in [2.45, 2.75) is 31.9 Å². The summed E-state index contributed by atoms with van der Waals surface area (Å²) >= 11 is 0. The van der Waals surface area contributed by atoms with Crippen LogP contribution in [0.1, 0.15) is 31.5 Å². The van der Waals surface area contributed by atoms with Gasteiger partial charge in [-0.05, 0) is 31.9 Å². The molecular formula is C14H23N3O2. The minimum atomic E-state index is -0.0216. The van der Waals surface area contributed by atoms with Crippen LogP contribution >= 0.6 is 0 Å². The molecule has 0 aromatic carbocycles. The van der Waals surface area contributed by atoms with E-state index in [9.17, 15) is 0 Å². The number of rotatable bonds is 5. The van der Waals surface area contributed by atoms with Crippen molar-refractivity contribution in [2.75, 3.05) is 31.2 Å². The van der Waals surface area contributed by atoms with Crippen molar-refractivity contribution < 1.29 is 9.84 Å². The smallest absolute Gasteiger partial charge is 0.0701 e. The lowest BCUT2D eigenvalue weighted by molar-refractivity contribution is 0.0159. The predicted molar refractivity (Wildman–Crippen MR) is 75.1 cm³/mol. The lowest BCUT2D eigenvalue weighted by Crippen LogP contribution is -2.37. The number of anilines is 1. The number of pyridine rings is 1. The first kappa shape index (κ1) is 14.2. The predicted octanol–water partition coefficient (Wildman–Crippen LogP) is 1.08. The van der Waals surface area contributed by atoms with Gasteiger partial charge in [-0.2, -0.15) is 0 Å². The molecule has 1 aromatic heterocycles. The van der Waals surface area contributed by atoms with Crippen LogP contribution in [0.15, 0.2) is 18.3 Å². The average molecular weight is 265 g/mol. The fraction of sp³-hybridized carbons (Fsp3) is 0.643. The fourth-order valence-corrected chi connectivity index (χ4v) is 2.35. The van der Waals surface area contributed by atoms with Crippen molar-refractivity contribution in [2.24, 2.45) is 5.73 Å². The van der Waals surface area contributed by atoms with Gasteiger partial charge in [0.15, 0.2) is 0 Å². The van der Waals surface area contributed by atoms with Crippen LogP contribution in [0.3, 0.4) is 0 Å². The van der Waals surface area contributed by atoms with E-state index in [4.69, 9.17) is 15.6 Å². The van der Waals surface area contributed by atoms with Crippen LogP contribution in [0.2, 0.25) is 0 Å². The van der Waals surface area contributed by atoms with E-state index in [-0.39, 0.29) is 18.8 Å². The summed E-state index contributed by atoms with van der Waals surface area (Å²) in [5, 5.41) is 8.74. The molecule has 0 spiro atoms. The summed E-state index contributed by atoms with van der Waals surface area (Å²) in [6.45, 7) is 4.41. The molecule has 1 aliphatic rings. The van der Waals surface area contributed by atoms with E-state index in [0.29, 0.717) is 6.61 Å². The molecule has 3 N–H and O–H groups in total. The summed E-state index contributed by atoms with van der Waals surface area (Å²) in [6, 6.07) is 4.06. The van der Waals surface area contributed by atoms with Gasteiger partial charge in [0.25, 0.3) is 0 Å². The van der Waals surface area contributed by atoms with Crippen LogP contribution in [0.25, 0.3) is 0 Å². The molecule has 5 nitrogen and oxygen atoms in total. The second-order valence-electron chi connectivity index (χ2n) is 5.01. The van der Waals surface area contributed by atoms with Crippen molar-refractivity contribution in [3.8, 4) is 0 Å². The lowest BCUT2D eigenvalue weighted by Gasteiger charge is -2.33. The molecule has 1 aromatic rings. The molecule has 1 aliphatic heterocycles. The highest BCUT2D eigenvalue weighted by Gasteiger charge is 2.19. The maximum absolute atomic E-state index is 8.74. The average Bonchev–Trinajstić information content (AvgIpc) is 2.46. The van der Waals surface area contributed by atoms with Gasteiger partial charge in [0.05, 0.1) is 36.9 Å². The Balaban J connectivity index is 1.87. The molecule has 0 saturated carbocycles. The molecule has 1 fully saturated rings. The van der Waals surface area contributed by atoms with Crippen LogP contribution in [0, 0.1) is 0 Å². The number of piperidine rings is 1. The Morgan fingerprint density at radius 3 is 2.74 bits per heavy atom. The number of hydrogen-bond acceptors (Lipinski definition) is 5. The highest BCUT2D eigenvalue weighted by molar-refractivity contribution is 5.45. The Labute approximate surface area is 114 Å². The maximum Gasteiger partial charge on any atom is 0.0701 e. The Hall–Kier alpha value is -1.17. The molecule has 1 saturated heterocycles. The van der Waals surface area contributed by atoms with Gasteiger partial charge in [-0.3, -0.25) is 4.98 Å². The Morgan fingerprint density at radius 2 is 2.21 bits per heavy atom. The summed E-state index contributed by atoms with van der Waals surface area (Å²) in [4.78, 5) is 6.71. The van der Waals surface area contributed by atoms with Gasteiger partial charge < -0.3 is 20.5 Å². The van der Waals surface area contributed by atoms with Crippen LogP contribution in [-0.4, -0.2) is 42.5 Å². The van der Waals surface area contributed by atoms with Crippen LogP contribution in [0.4, 0.5) is 5.69 Å². The normalized spacial score (nSPS) is 18.6. The minimum absolute atomic E-state index is 0.0216. The molecule has 0 amide bonds. The highest BCUT2D eigenvalue weighted by Crippen LogP contribution is 2.21. The van der Waals surface area contributed by atoms with E-state index >= 15 is 0 Å². The second kappa shape index (κ2) is 6.84. The van der Waals surface area contributed by atoms with Crippen LogP contribution < -0.4 is 10.6 Å². The molecule has 0 bridgehead atoms. The maximum atomic E-state index is 8.74. The van der Waals surface area contributed by atoms with Gasteiger partial charge in [-0.25, -0.2) is 0 Å². The molecule has 2 heterocycles. The Morgan fingerprint density at radius 1 is 1.47 bits per heavy atom. The summed E-state index contributed by atoms with van der Waals surface area (Å²) in [7, 11) is 0. The number of aromatic nitrogens is 1. The zero-order chi connectivity index (χ0) is 13.7. The summed E-state index contributed by atoms with van der Waals surface area (Å²) < 4.78 is 5.56. The van der Waals surface area contributed by atoms with Crippen molar-refractivity contribution in [1.29, 1.82) is 0 Å². The topological polar surface area (TPSA) is 71.6 Å². The first-order valence-electron chi connectivity index (χ1n) is 6.89. The third kappa shape index (κ3) is 3.89. The first-order chi connectivity index (χ1) is 9.20. The van der Waals surface area contributed by atoms with Crippen LogP contribution in [-0.2, 0) is 4.74 Å². The third-order valence-electron chi connectivity index (χ3n) is 3.49. The van der Waals surface area contributed by atoms with Crippen molar-refractivity contribution in [3.05, 3.63) is 24.0 Å². The number of hydrogen-bond donors (Lipinski definition) is 2. The molecule has 0 radical (unpaired) electrons. The van der Waals surface area contributed by atoms with Gasteiger partial charge in [0.1, 0.15) is 0 Å². The van der Waals surface area contributed by atoms with Gasteiger partial charge in [0, 0.05) is 19.1 Å². The molecule has 1 atom stereocenters. The van der Waals surface area contributed by atoms with Crippen molar-refractivity contribution in [1.82, 2.24) is 4.98 Å². The van der Waals surface area contributed by atoms with Gasteiger partial charge >= 0.3 is 0 Å². The zero-order valence-corrected chi connectivity index (χ0v) is 11.5. The second-order valence-corrected chi connectivity index (χ2v) is 5.01. The molecule has 1 unspecified atom stereocenters. The van der Waals surface area contributed by atoms with E-state index in [1.165, 1.54) is 0 Å². The van der Waals surface area contributed by atoms with E-state index < -0.39 is 0 Å². The first-order valence-corrected chi connectivity index (χ1v) is 6.89. The summed E-state index contributed by atoms with van der Waals surface area (Å²) in [5.74, 6) is 0. The Kier molecular flexibility index (Phi) is 5.13. The molecule has 2 rings (SSSR count). The number of ether oxygens (including phenoxy) is 1. The summed E-state index contributed by atoms with van der Waals surface area (Å²) in [5.41, 5.74) is 7.86. The van der Waals surface area contributed by atoms with E-state index in [0.717, 1.165) is 37.3 Å². The van der Waals surface area contributed by atoms with Gasteiger partial charge in [-0.1, -0.05) is 0 Å². The van der Waals surface area contributed by atoms with Crippen LogP contribution in [0.5, 0.6) is 0 Å². The largest absolute Gasteiger partial charge is 0.394 e. The standard InChI is InChI=1S/C14H23N3O2/c1-11(15)14-3-2-12(10-16-14)17-6-4-13(5-7-17)19-9-8-18/h2-3,10-11,13,18H,4-9,15H2,1H3. The van der Waals surface area contributed by atoms with Crippen molar-refractivity contribution >= 4 is 5.69 Å². The molecule has 5 heteroatoms.